The van der Waals surface area contributed by atoms with Gasteiger partial charge in [-0.3, -0.25) is 0 Å². The molecule has 3 nitrogen and oxygen atoms in total. The number of hydrogen-bond donors (Lipinski definition) is 2. The smallest absolute Gasteiger partial charge is 0.119 e. The molecule has 1 aromatic rings. The molecule has 0 amide bonds. The Morgan fingerprint density at radius 3 is 2.81 bits per heavy atom. The molecule has 2 N–H and O–H groups in total. The molecule has 0 bridgehead atoms. The van der Waals surface area contributed by atoms with E-state index in [0.717, 1.165) is 25.4 Å². The summed E-state index contributed by atoms with van der Waals surface area (Å²) in [5, 5.41) is 7.12. The second kappa shape index (κ2) is 3.75. The van der Waals surface area contributed by atoms with Gasteiger partial charge < -0.3 is 15.4 Å². The van der Waals surface area contributed by atoms with Gasteiger partial charge in [0.25, 0.3) is 0 Å². The fourth-order valence-corrected chi connectivity index (χ4v) is 2.97. The Hall–Kier alpha value is -1.06. The van der Waals surface area contributed by atoms with E-state index in [1.165, 1.54) is 24.0 Å². The first-order valence-electron chi connectivity index (χ1n) is 5.97. The lowest BCUT2D eigenvalue weighted by Crippen LogP contribution is -2.46. The van der Waals surface area contributed by atoms with Crippen molar-refractivity contribution in [1.29, 1.82) is 0 Å². The number of benzene rings is 1. The Bertz CT molecular complexity index is 397. The van der Waals surface area contributed by atoms with Crippen molar-refractivity contribution in [2.24, 2.45) is 0 Å². The topological polar surface area (TPSA) is 33.3 Å². The fraction of sp³-hybridized carbons (Fsp3) is 0.538. The molecule has 2 aliphatic heterocycles. The molecule has 2 heterocycles. The van der Waals surface area contributed by atoms with Gasteiger partial charge in [-0.1, -0.05) is 6.07 Å². The summed E-state index contributed by atoms with van der Waals surface area (Å²) in [5.74, 6) is 0.964. The third-order valence-electron chi connectivity index (χ3n) is 3.90. The molecule has 3 heteroatoms. The molecule has 0 radical (unpaired) electrons. The molecule has 3 rings (SSSR count). The lowest BCUT2D eigenvalue weighted by Gasteiger charge is -2.35. The molecule has 1 spiro atoms. The second-order valence-corrected chi connectivity index (χ2v) is 4.71. The lowest BCUT2D eigenvalue weighted by molar-refractivity contribution is 0.265. The van der Waals surface area contributed by atoms with Gasteiger partial charge in [0.15, 0.2) is 0 Å². The molecular formula is C13H18N2O. The summed E-state index contributed by atoms with van der Waals surface area (Å²) in [6, 6.07) is 6.48. The van der Waals surface area contributed by atoms with Gasteiger partial charge in [-0.2, -0.15) is 0 Å². The molecule has 1 saturated heterocycles. The minimum atomic E-state index is 0.229. The van der Waals surface area contributed by atoms with Gasteiger partial charge in [0, 0.05) is 12.1 Å². The minimum absolute atomic E-state index is 0.229. The number of rotatable bonds is 1. The maximum Gasteiger partial charge on any atom is 0.119 e. The number of ether oxygens (including phenoxy) is 1. The number of methoxy groups -OCH3 is 1. The Labute approximate surface area is 96.2 Å². The molecule has 1 fully saturated rings. The van der Waals surface area contributed by atoms with Gasteiger partial charge >= 0.3 is 0 Å². The van der Waals surface area contributed by atoms with Crippen molar-refractivity contribution in [2.45, 2.75) is 24.9 Å². The SMILES string of the molecule is COc1ccc2c(c1)CNC21CCNCC1. The van der Waals surface area contributed by atoms with Crippen molar-refractivity contribution in [3.05, 3.63) is 29.3 Å². The van der Waals surface area contributed by atoms with E-state index in [0.29, 0.717) is 0 Å². The quantitative estimate of drug-likeness (QED) is 0.747. The standard InChI is InChI=1S/C13H18N2O/c1-16-11-2-3-12-10(8-11)9-15-13(12)4-6-14-7-5-13/h2-3,8,14-15H,4-7,9H2,1H3. The van der Waals surface area contributed by atoms with Gasteiger partial charge in [-0.15, -0.1) is 0 Å². The van der Waals surface area contributed by atoms with Crippen LogP contribution in [-0.4, -0.2) is 20.2 Å². The van der Waals surface area contributed by atoms with Crippen molar-refractivity contribution in [1.82, 2.24) is 10.6 Å². The van der Waals surface area contributed by atoms with Crippen LogP contribution in [0.1, 0.15) is 24.0 Å². The van der Waals surface area contributed by atoms with Crippen LogP contribution < -0.4 is 15.4 Å². The third-order valence-corrected chi connectivity index (χ3v) is 3.90. The molecule has 0 aliphatic carbocycles. The van der Waals surface area contributed by atoms with E-state index >= 15 is 0 Å². The van der Waals surface area contributed by atoms with Crippen LogP contribution in [0.2, 0.25) is 0 Å². The van der Waals surface area contributed by atoms with Crippen LogP contribution in [-0.2, 0) is 12.1 Å². The normalized spacial score (nSPS) is 22.1. The number of fused-ring (bicyclic) bond motifs is 2. The zero-order valence-corrected chi connectivity index (χ0v) is 9.68. The highest BCUT2D eigenvalue weighted by Crippen LogP contribution is 2.39. The molecule has 1 aromatic carbocycles. The number of piperidine rings is 1. The van der Waals surface area contributed by atoms with Gasteiger partial charge in [0.2, 0.25) is 0 Å². The molecule has 16 heavy (non-hydrogen) atoms. The predicted octanol–water partition coefficient (Wildman–Crippen LogP) is 1.38. The Morgan fingerprint density at radius 1 is 1.25 bits per heavy atom. The summed E-state index contributed by atoms with van der Waals surface area (Å²) in [5.41, 5.74) is 3.11. The molecular weight excluding hydrogens is 200 g/mol. The zero-order chi connectivity index (χ0) is 11.0. The number of hydrogen-bond acceptors (Lipinski definition) is 3. The maximum atomic E-state index is 5.28. The molecule has 2 aliphatic rings. The summed E-state index contributed by atoms with van der Waals surface area (Å²) in [4.78, 5) is 0. The van der Waals surface area contributed by atoms with E-state index < -0.39 is 0 Å². The molecule has 0 atom stereocenters. The van der Waals surface area contributed by atoms with Gasteiger partial charge in [-0.05, 0) is 49.2 Å². The highest BCUT2D eigenvalue weighted by molar-refractivity contribution is 5.43. The fourth-order valence-electron chi connectivity index (χ4n) is 2.97. The molecule has 86 valence electrons. The average molecular weight is 218 g/mol. The summed E-state index contributed by atoms with van der Waals surface area (Å²) in [7, 11) is 1.73. The minimum Gasteiger partial charge on any atom is -0.497 e. The van der Waals surface area contributed by atoms with Crippen LogP contribution in [0.15, 0.2) is 18.2 Å². The van der Waals surface area contributed by atoms with Crippen LogP contribution in [0.4, 0.5) is 0 Å². The van der Waals surface area contributed by atoms with Crippen LogP contribution in [0.25, 0.3) is 0 Å². The Morgan fingerprint density at radius 2 is 2.06 bits per heavy atom. The van der Waals surface area contributed by atoms with Gasteiger partial charge in [0.1, 0.15) is 5.75 Å². The first-order chi connectivity index (χ1) is 7.84. The lowest BCUT2D eigenvalue weighted by atomic mass is 9.82. The van der Waals surface area contributed by atoms with Crippen molar-refractivity contribution in [3.8, 4) is 5.75 Å². The van der Waals surface area contributed by atoms with Crippen molar-refractivity contribution >= 4 is 0 Å². The first-order valence-corrected chi connectivity index (χ1v) is 5.97. The third kappa shape index (κ3) is 1.43. The highest BCUT2D eigenvalue weighted by Gasteiger charge is 2.39. The van der Waals surface area contributed by atoms with Crippen LogP contribution >= 0.6 is 0 Å². The summed E-state index contributed by atoms with van der Waals surface area (Å²) in [6.45, 7) is 3.20. The van der Waals surface area contributed by atoms with Crippen molar-refractivity contribution in [3.63, 3.8) is 0 Å². The average Bonchev–Trinajstić information content (AvgIpc) is 2.69. The monoisotopic (exact) mass is 218 g/mol. The van der Waals surface area contributed by atoms with E-state index in [2.05, 4.69) is 28.8 Å². The van der Waals surface area contributed by atoms with E-state index in [4.69, 9.17) is 4.74 Å². The van der Waals surface area contributed by atoms with Crippen LogP contribution in [0.5, 0.6) is 5.75 Å². The summed E-state index contributed by atoms with van der Waals surface area (Å²) < 4.78 is 5.28. The predicted molar refractivity (Wildman–Crippen MR) is 63.6 cm³/mol. The Balaban J connectivity index is 1.98. The maximum absolute atomic E-state index is 5.28. The van der Waals surface area contributed by atoms with Gasteiger partial charge in [-0.25, -0.2) is 0 Å². The van der Waals surface area contributed by atoms with Crippen LogP contribution in [0.3, 0.4) is 0 Å². The second-order valence-electron chi connectivity index (χ2n) is 4.71. The van der Waals surface area contributed by atoms with Crippen molar-refractivity contribution < 1.29 is 4.74 Å². The largest absolute Gasteiger partial charge is 0.497 e. The summed E-state index contributed by atoms with van der Waals surface area (Å²) in [6.07, 6.45) is 2.37. The molecule has 0 unspecified atom stereocenters. The van der Waals surface area contributed by atoms with Crippen LogP contribution in [0, 0.1) is 0 Å². The van der Waals surface area contributed by atoms with Gasteiger partial charge in [0.05, 0.1) is 7.11 Å². The molecule has 0 saturated carbocycles. The summed E-state index contributed by atoms with van der Waals surface area (Å²) >= 11 is 0. The number of nitrogens with one attached hydrogen (secondary N) is 2. The van der Waals surface area contributed by atoms with E-state index in [1.54, 1.807) is 7.11 Å². The van der Waals surface area contributed by atoms with Crippen molar-refractivity contribution in [2.75, 3.05) is 20.2 Å². The zero-order valence-electron chi connectivity index (χ0n) is 9.68. The van der Waals surface area contributed by atoms with E-state index in [9.17, 15) is 0 Å². The Kier molecular flexibility index (Phi) is 2.37. The highest BCUT2D eigenvalue weighted by atomic mass is 16.5. The van der Waals surface area contributed by atoms with E-state index in [1.807, 2.05) is 0 Å². The molecule has 0 aromatic heterocycles. The van der Waals surface area contributed by atoms with E-state index in [-0.39, 0.29) is 5.54 Å². The first kappa shape index (κ1) is 10.1.